The summed E-state index contributed by atoms with van der Waals surface area (Å²) in [6.07, 6.45) is -0.599. The predicted octanol–water partition coefficient (Wildman–Crippen LogP) is 2.48. The van der Waals surface area contributed by atoms with Crippen LogP contribution in [0.1, 0.15) is 30.2 Å². The molecule has 0 saturated carbocycles. The molecule has 2 unspecified atom stereocenters. The van der Waals surface area contributed by atoms with Crippen molar-refractivity contribution in [2.24, 2.45) is 0 Å². The number of phenols is 2. The van der Waals surface area contributed by atoms with Crippen molar-refractivity contribution in [2.45, 2.75) is 19.1 Å². The Morgan fingerprint density at radius 2 is 1.75 bits per heavy atom. The first-order valence-electron chi connectivity index (χ1n) is 6.56. The summed E-state index contributed by atoms with van der Waals surface area (Å²) < 4.78 is 0. The fourth-order valence-electron chi connectivity index (χ4n) is 2.09. The maximum Gasteiger partial charge on any atom is 0.124 e. The van der Waals surface area contributed by atoms with Crippen LogP contribution in [0.3, 0.4) is 0 Å². The molecule has 4 heteroatoms. The molecule has 0 aliphatic rings. The Morgan fingerprint density at radius 3 is 2.40 bits per heavy atom. The van der Waals surface area contributed by atoms with Crippen molar-refractivity contribution in [1.82, 2.24) is 5.32 Å². The van der Waals surface area contributed by atoms with Crippen molar-refractivity contribution in [3.8, 4) is 11.5 Å². The maximum atomic E-state index is 10.1. The summed E-state index contributed by atoms with van der Waals surface area (Å²) in [7, 11) is 0. The molecule has 0 aliphatic heterocycles. The molecule has 4 nitrogen and oxygen atoms in total. The molecule has 2 rings (SSSR count). The molecule has 4 N–H and O–H groups in total. The highest BCUT2D eigenvalue weighted by Gasteiger charge is 2.13. The van der Waals surface area contributed by atoms with Gasteiger partial charge in [0.25, 0.3) is 0 Å². The second kappa shape index (κ2) is 6.41. The Labute approximate surface area is 118 Å². The smallest absolute Gasteiger partial charge is 0.124 e. The summed E-state index contributed by atoms with van der Waals surface area (Å²) in [6, 6.07) is 13.8. The molecule has 2 atom stereocenters. The van der Waals surface area contributed by atoms with Gasteiger partial charge in [-0.3, -0.25) is 0 Å². The van der Waals surface area contributed by atoms with Crippen LogP contribution in [-0.4, -0.2) is 21.9 Å². The molecule has 0 saturated heterocycles. The zero-order valence-corrected chi connectivity index (χ0v) is 11.3. The third-order valence-corrected chi connectivity index (χ3v) is 3.28. The van der Waals surface area contributed by atoms with Crippen LogP contribution in [0.4, 0.5) is 0 Å². The van der Waals surface area contributed by atoms with E-state index >= 15 is 0 Å². The van der Waals surface area contributed by atoms with Crippen LogP contribution < -0.4 is 5.32 Å². The minimum atomic E-state index is -0.599. The van der Waals surface area contributed by atoms with Gasteiger partial charge < -0.3 is 20.6 Å². The summed E-state index contributed by atoms with van der Waals surface area (Å²) in [5.74, 6) is 0.0713. The largest absolute Gasteiger partial charge is 0.508 e. The first-order chi connectivity index (χ1) is 9.58. The number of aliphatic hydroxyl groups is 1. The summed E-state index contributed by atoms with van der Waals surface area (Å²) in [6.45, 7) is 2.27. The molecule has 106 valence electrons. The van der Waals surface area contributed by atoms with Crippen molar-refractivity contribution >= 4 is 0 Å². The second-order valence-electron chi connectivity index (χ2n) is 4.80. The molecule has 2 aromatic carbocycles. The zero-order valence-electron chi connectivity index (χ0n) is 11.3. The van der Waals surface area contributed by atoms with E-state index in [0.29, 0.717) is 12.1 Å². The quantitative estimate of drug-likeness (QED) is 0.675. The van der Waals surface area contributed by atoms with Gasteiger partial charge in [-0.05, 0) is 18.6 Å². The fourth-order valence-corrected chi connectivity index (χ4v) is 2.09. The Morgan fingerprint density at radius 1 is 1.05 bits per heavy atom. The number of benzene rings is 2. The van der Waals surface area contributed by atoms with Crippen LogP contribution in [0.5, 0.6) is 11.5 Å². The minimum absolute atomic E-state index is 0.0303. The highest BCUT2D eigenvalue weighted by atomic mass is 16.3. The molecule has 0 radical (unpaired) electrons. The van der Waals surface area contributed by atoms with Gasteiger partial charge in [-0.2, -0.15) is 0 Å². The van der Waals surface area contributed by atoms with Gasteiger partial charge in [0.1, 0.15) is 11.5 Å². The van der Waals surface area contributed by atoms with E-state index in [4.69, 9.17) is 0 Å². The minimum Gasteiger partial charge on any atom is -0.508 e. The molecular weight excluding hydrogens is 254 g/mol. The third-order valence-electron chi connectivity index (χ3n) is 3.28. The maximum absolute atomic E-state index is 10.1. The van der Waals surface area contributed by atoms with Gasteiger partial charge in [-0.1, -0.05) is 36.4 Å². The van der Waals surface area contributed by atoms with Crippen molar-refractivity contribution in [3.63, 3.8) is 0 Å². The van der Waals surface area contributed by atoms with Crippen molar-refractivity contribution < 1.29 is 15.3 Å². The lowest BCUT2D eigenvalue weighted by Gasteiger charge is -2.18. The summed E-state index contributed by atoms with van der Waals surface area (Å²) in [4.78, 5) is 0. The Kier molecular flexibility index (Phi) is 4.61. The SMILES string of the molecule is CC(NCC(O)c1ccccc1)c1ccc(O)cc1O. The third kappa shape index (κ3) is 3.50. The number of nitrogens with one attached hydrogen (secondary N) is 1. The molecule has 0 amide bonds. The lowest BCUT2D eigenvalue weighted by Crippen LogP contribution is -2.24. The van der Waals surface area contributed by atoms with Crippen LogP contribution >= 0.6 is 0 Å². The van der Waals surface area contributed by atoms with Gasteiger partial charge in [0.15, 0.2) is 0 Å². The number of aromatic hydroxyl groups is 2. The monoisotopic (exact) mass is 273 g/mol. The van der Waals surface area contributed by atoms with E-state index in [0.717, 1.165) is 5.56 Å². The Balaban J connectivity index is 1.96. The van der Waals surface area contributed by atoms with E-state index < -0.39 is 6.10 Å². The second-order valence-corrected chi connectivity index (χ2v) is 4.80. The average Bonchev–Trinajstić information content (AvgIpc) is 2.45. The number of hydrogen-bond acceptors (Lipinski definition) is 4. The van der Waals surface area contributed by atoms with Crippen LogP contribution in [0, 0.1) is 0 Å². The fraction of sp³-hybridized carbons (Fsp3) is 0.250. The zero-order chi connectivity index (χ0) is 14.5. The molecule has 0 bridgehead atoms. The van der Waals surface area contributed by atoms with Crippen molar-refractivity contribution in [1.29, 1.82) is 0 Å². The lowest BCUT2D eigenvalue weighted by molar-refractivity contribution is 0.170. The number of phenolic OH excluding ortho intramolecular Hbond substituents is 2. The highest BCUT2D eigenvalue weighted by Crippen LogP contribution is 2.27. The van der Waals surface area contributed by atoms with Crippen molar-refractivity contribution in [3.05, 3.63) is 59.7 Å². The van der Waals surface area contributed by atoms with E-state index in [2.05, 4.69) is 5.32 Å². The molecule has 0 fully saturated rings. The topological polar surface area (TPSA) is 72.7 Å². The van der Waals surface area contributed by atoms with E-state index in [9.17, 15) is 15.3 Å². The first kappa shape index (κ1) is 14.4. The lowest BCUT2D eigenvalue weighted by atomic mass is 10.1. The van der Waals surface area contributed by atoms with E-state index in [1.54, 1.807) is 6.07 Å². The molecule has 0 heterocycles. The standard InChI is InChI=1S/C16H19NO3/c1-11(14-8-7-13(18)9-15(14)19)17-10-16(20)12-5-3-2-4-6-12/h2-9,11,16-20H,10H2,1H3. The molecule has 0 aromatic heterocycles. The highest BCUT2D eigenvalue weighted by molar-refractivity contribution is 5.40. The molecule has 2 aromatic rings. The predicted molar refractivity (Wildman–Crippen MR) is 77.6 cm³/mol. The number of aliphatic hydroxyl groups excluding tert-OH is 1. The molecular formula is C16H19NO3. The first-order valence-corrected chi connectivity index (χ1v) is 6.56. The molecule has 0 spiro atoms. The molecule has 20 heavy (non-hydrogen) atoms. The van der Waals surface area contributed by atoms with Crippen molar-refractivity contribution in [2.75, 3.05) is 6.54 Å². The Bertz CT molecular complexity index is 557. The normalized spacial score (nSPS) is 13.9. The van der Waals surface area contributed by atoms with Gasteiger partial charge in [-0.25, -0.2) is 0 Å². The summed E-state index contributed by atoms with van der Waals surface area (Å²) >= 11 is 0. The van der Waals surface area contributed by atoms with Gasteiger partial charge in [0, 0.05) is 24.2 Å². The van der Waals surface area contributed by atoms with Gasteiger partial charge in [-0.15, -0.1) is 0 Å². The van der Waals surface area contributed by atoms with E-state index in [1.807, 2.05) is 37.3 Å². The van der Waals surface area contributed by atoms with Crippen LogP contribution in [0.25, 0.3) is 0 Å². The van der Waals surface area contributed by atoms with Gasteiger partial charge in [0.2, 0.25) is 0 Å². The van der Waals surface area contributed by atoms with E-state index in [1.165, 1.54) is 12.1 Å². The van der Waals surface area contributed by atoms with Crippen LogP contribution in [-0.2, 0) is 0 Å². The van der Waals surface area contributed by atoms with E-state index in [-0.39, 0.29) is 17.5 Å². The van der Waals surface area contributed by atoms with Crippen LogP contribution in [0.15, 0.2) is 48.5 Å². The van der Waals surface area contributed by atoms with Gasteiger partial charge >= 0.3 is 0 Å². The van der Waals surface area contributed by atoms with Gasteiger partial charge in [0.05, 0.1) is 6.10 Å². The summed E-state index contributed by atoms with van der Waals surface area (Å²) in [5.41, 5.74) is 1.53. The number of hydrogen-bond donors (Lipinski definition) is 4. The molecule has 0 aliphatic carbocycles. The average molecular weight is 273 g/mol. The number of rotatable bonds is 5. The van der Waals surface area contributed by atoms with Crippen LogP contribution in [0.2, 0.25) is 0 Å². The summed E-state index contributed by atoms with van der Waals surface area (Å²) in [5, 5.41) is 32.3. The Hall–Kier alpha value is -2.04.